The summed E-state index contributed by atoms with van der Waals surface area (Å²) in [6, 6.07) is 6.09. The van der Waals surface area contributed by atoms with E-state index < -0.39 is 0 Å². The molecule has 1 atom stereocenters. The number of carbonyl (C=O) groups excluding carboxylic acids is 1. The molecule has 1 aromatic heterocycles. The zero-order valence-electron chi connectivity index (χ0n) is 21.8. The molecule has 1 heterocycles. The van der Waals surface area contributed by atoms with Crippen LogP contribution in [-0.4, -0.2) is 61.0 Å². The zero-order chi connectivity index (χ0) is 25.1. The van der Waals surface area contributed by atoms with Gasteiger partial charge in [0.1, 0.15) is 15.6 Å². The van der Waals surface area contributed by atoms with Crippen molar-refractivity contribution in [3.8, 4) is 16.3 Å². The zero-order valence-corrected chi connectivity index (χ0v) is 23.4. The number of benzene rings is 1. The molecule has 190 valence electrons. The van der Waals surface area contributed by atoms with Gasteiger partial charge in [0.2, 0.25) is 0 Å². The molecular formula is C27H42ClN3O2S. The summed E-state index contributed by atoms with van der Waals surface area (Å²) >= 11 is 7.59. The summed E-state index contributed by atoms with van der Waals surface area (Å²) in [5, 5.41) is 1.37. The van der Waals surface area contributed by atoms with Gasteiger partial charge in [0, 0.05) is 24.7 Å². The molecule has 2 aromatic rings. The van der Waals surface area contributed by atoms with Crippen molar-refractivity contribution in [2.75, 3.05) is 34.3 Å². The van der Waals surface area contributed by atoms with Crippen molar-refractivity contribution in [2.24, 2.45) is 0 Å². The van der Waals surface area contributed by atoms with Crippen LogP contribution in [0.25, 0.3) is 10.6 Å². The predicted molar refractivity (Wildman–Crippen MR) is 146 cm³/mol. The second-order valence-electron chi connectivity index (χ2n) is 9.13. The number of aromatic nitrogens is 1. The summed E-state index contributed by atoms with van der Waals surface area (Å²) in [6.45, 7) is 8.35. The molecule has 0 saturated heterocycles. The molecule has 7 heteroatoms. The molecule has 0 N–H and O–H groups in total. The van der Waals surface area contributed by atoms with E-state index in [4.69, 9.17) is 16.3 Å². The molecule has 0 fully saturated rings. The SMILES string of the molecule is CCCCCN(C)C(CCC)CCCCN(C)C(=O)c1sc(-c2cc(Cl)ccc2OC)nc1C. The first-order chi connectivity index (χ1) is 16.3. The molecule has 2 rings (SSSR count). The average Bonchev–Trinajstić information content (AvgIpc) is 3.21. The number of amides is 1. The van der Waals surface area contributed by atoms with Crippen molar-refractivity contribution in [1.29, 1.82) is 0 Å². The fourth-order valence-electron chi connectivity index (χ4n) is 4.27. The fraction of sp³-hybridized carbons (Fsp3) is 0.630. The molecule has 1 amide bonds. The third-order valence-corrected chi connectivity index (χ3v) is 7.78. The number of ether oxygens (including phenoxy) is 1. The van der Waals surface area contributed by atoms with E-state index in [9.17, 15) is 4.79 Å². The van der Waals surface area contributed by atoms with Gasteiger partial charge >= 0.3 is 0 Å². The van der Waals surface area contributed by atoms with Crippen LogP contribution in [0.5, 0.6) is 5.75 Å². The normalized spacial score (nSPS) is 12.2. The summed E-state index contributed by atoms with van der Waals surface area (Å²) in [4.78, 5) is 22.9. The number of methoxy groups -OCH3 is 1. The predicted octanol–water partition coefficient (Wildman–Crippen LogP) is 7.31. The highest BCUT2D eigenvalue weighted by atomic mass is 35.5. The van der Waals surface area contributed by atoms with Crippen molar-refractivity contribution in [3.05, 3.63) is 33.8 Å². The van der Waals surface area contributed by atoms with E-state index in [1.807, 2.05) is 31.0 Å². The minimum atomic E-state index is 0.0315. The van der Waals surface area contributed by atoms with Gasteiger partial charge in [0.25, 0.3) is 5.91 Å². The number of thiazole rings is 1. The van der Waals surface area contributed by atoms with Crippen molar-refractivity contribution in [1.82, 2.24) is 14.8 Å². The lowest BCUT2D eigenvalue weighted by atomic mass is 10.0. The summed E-state index contributed by atoms with van der Waals surface area (Å²) in [5.41, 5.74) is 1.56. The minimum Gasteiger partial charge on any atom is -0.496 e. The minimum absolute atomic E-state index is 0.0315. The van der Waals surface area contributed by atoms with Crippen molar-refractivity contribution < 1.29 is 9.53 Å². The summed E-state index contributed by atoms with van der Waals surface area (Å²) in [5.74, 6) is 0.732. The van der Waals surface area contributed by atoms with E-state index in [-0.39, 0.29) is 5.91 Å². The first-order valence-electron chi connectivity index (χ1n) is 12.6. The smallest absolute Gasteiger partial charge is 0.265 e. The highest BCUT2D eigenvalue weighted by molar-refractivity contribution is 7.17. The van der Waals surface area contributed by atoms with Gasteiger partial charge in [-0.3, -0.25) is 4.79 Å². The molecule has 1 unspecified atom stereocenters. The second-order valence-corrected chi connectivity index (χ2v) is 10.6. The first kappa shape index (κ1) is 28.6. The third kappa shape index (κ3) is 8.24. The lowest BCUT2D eigenvalue weighted by Gasteiger charge is -2.28. The number of hydrogen-bond donors (Lipinski definition) is 0. The lowest BCUT2D eigenvalue weighted by molar-refractivity contribution is 0.0795. The van der Waals surface area contributed by atoms with E-state index in [0.29, 0.717) is 21.7 Å². The van der Waals surface area contributed by atoms with Crippen LogP contribution in [0.15, 0.2) is 18.2 Å². The van der Waals surface area contributed by atoms with Crippen LogP contribution in [0.1, 0.15) is 80.6 Å². The Morgan fingerprint density at radius 1 is 1.09 bits per heavy atom. The molecule has 0 aliphatic heterocycles. The Morgan fingerprint density at radius 3 is 2.50 bits per heavy atom. The van der Waals surface area contributed by atoms with Crippen molar-refractivity contribution in [3.63, 3.8) is 0 Å². The van der Waals surface area contributed by atoms with Crippen LogP contribution >= 0.6 is 22.9 Å². The Bertz CT molecular complexity index is 902. The van der Waals surface area contributed by atoms with Crippen LogP contribution in [0.4, 0.5) is 0 Å². The summed E-state index contributed by atoms with van der Waals surface area (Å²) in [6.07, 6.45) is 9.64. The van der Waals surface area contributed by atoms with Gasteiger partial charge < -0.3 is 14.5 Å². The maximum absolute atomic E-state index is 13.1. The first-order valence-corrected chi connectivity index (χ1v) is 13.8. The number of rotatable bonds is 15. The number of nitrogens with zero attached hydrogens (tertiary/aromatic N) is 3. The Balaban J connectivity index is 1.93. The van der Waals surface area contributed by atoms with Crippen LogP contribution in [0.2, 0.25) is 5.02 Å². The van der Waals surface area contributed by atoms with Crippen molar-refractivity contribution in [2.45, 2.75) is 78.2 Å². The van der Waals surface area contributed by atoms with Gasteiger partial charge in [-0.25, -0.2) is 4.98 Å². The highest BCUT2D eigenvalue weighted by Crippen LogP contribution is 2.36. The highest BCUT2D eigenvalue weighted by Gasteiger charge is 2.21. The monoisotopic (exact) mass is 507 g/mol. The third-order valence-electron chi connectivity index (χ3n) is 6.37. The van der Waals surface area contributed by atoms with Crippen molar-refractivity contribution >= 4 is 28.8 Å². The van der Waals surface area contributed by atoms with E-state index in [0.717, 1.165) is 35.7 Å². The molecule has 0 aliphatic carbocycles. The van der Waals surface area contributed by atoms with E-state index in [1.54, 1.807) is 13.2 Å². The van der Waals surface area contributed by atoms with Crippen LogP contribution in [0.3, 0.4) is 0 Å². The van der Waals surface area contributed by atoms with E-state index >= 15 is 0 Å². The molecule has 0 bridgehead atoms. The second kappa shape index (κ2) is 14.7. The van der Waals surface area contributed by atoms with Gasteiger partial charge in [0.05, 0.1) is 18.4 Å². The Morgan fingerprint density at radius 2 is 1.82 bits per heavy atom. The molecule has 0 radical (unpaired) electrons. The standard InChI is InChI=1S/C27H42ClN3O2S/c1-7-9-11-17-30(4)22(13-8-2)14-10-12-18-31(5)27(32)25-20(3)29-26(34-25)23-19-21(28)15-16-24(23)33-6/h15-16,19,22H,7-14,17-18H2,1-6H3. The van der Waals surface area contributed by atoms with E-state index in [2.05, 4.69) is 30.8 Å². The average molecular weight is 508 g/mol. The molecule has 0 spiro atoms. The van der Waals surface area contributed by atoms with E-state index in [1.165, 1.54) is 56.4 Å². The Hall–Kier alpha value is -1.63. The van der Waals surface area contributed by atoms with Gasteiger partial charge in [-0.15, -0.1) is 11.3 Å². The molecular weight excluding hydrogens is 466 g/mol. The molecule has 0 saturated carbocycles. The largest absolute Gasteiger partial charge is 0.496 e. The number of halogens is 1. The quantitative estimate of drug-likeness (QED) is 0.237. The summed E-state index contributed by atoms with van der Waals surface area (Å²) in [7, 11) is 5.79. The van der Waals surface area contributed by atoms with Gasteiger partial charge in [-0.2, -0.15) is 0 Å². The van der Waals surface area contributed by atoms with Crippen LogP contribution in [-0.2, 0) is 0 Å². The number of unbranched alkanes of at least 4 members (excludes halogenated alkanes) is 3. The molecule has 34 heavy (non-hydrogen) atoms. The topological polar surface area (TPSA) is 45.7 Å². The molecule has 5 nitrogen and oxygen atoms in total. The Kier molecular flexibility index (Phi) is 12.4. The summed E-state index contributed by atoms with van der Waals surface area (Å²) < 4.78 is 5.47. The van der Waals surface area contributed by atoms with Gasteiger partial charge in [0.15, 0.2) is 0 Å². The maximum Gasteiger partial charge on any atom is 0.265 e. The van der Waals surface area contributed by atoms with Gasteiger partial charge in [-0.1, -0.05) is 51.1 Å². The number of carbonyl (C=O) groups is 1. The van der Waals surface area contributed by atoms with Gasteiger partial charge in [-0.05, 0) is 64.4 Å². The fourth-order valence-corrected chi connectivity index (χ4v) is 5.53. The Labute approximate surface area is 215 Å². The lowest BCUT2D eigenvalue weighted by Crippen LogP contribution is -2.33. The molecule has 1 aromatic carbocycles. The van der Waals surface area contributed by atoms with Crippen LogP contribution in [0, 0.1) is 6.92 Å². The number of hydrogen-bond acceptors (Lipinski definition) is 5. The maximum atomic E-state index is 13.1. The molecule has 0 aliphatic rings. The number of aryl methyl sites for hydroxylation is 1. The van der Waals surface area contributed by atoms with Crippen LogP contribution < -0.4 is 4.74 Å².